The Morgan fingerprint density at radius 1 is 1.13 bits per heavy atom. The highest BCUT2D eigenvalue weighted by Gasteiger charge is 2.29. The van der Waals surface area contributed by atoms with Crippen molar-refractivity contribution in [3.8, 4) is 0 Å². The van der Waals surface area contributed by atoms with E-state index in [4.69, 9.17) is 4.74 Å². The average Bonchev–Trinajstić information content (AvgIpc) is 2.71. The van der Waals surface area contributed by atoms with E-state index in [0.717, 1.165) is 25.1 Å². The van der Waals surface area contributed by atoms with E-state index in [9.17, 15) is 4.79 Å². The highest BCUT2D eigenvalue weighted by atomic mass is 16.5. The second-order valence-electron chi connectivity index (χ2n) is 9.46. The summed E-state index contributed by atoms with van der Waals surface area (Å²) in [6.45, 7) is 16.9. The highest BCUT2D eigenvalue weighted by molar-refractivity contribution is 5.95. The van der Waals surface area contributed by atoms with Gasteiger partial charge in [-0.25, -0.2) is 4.79 Å². The van der Waals surface area contributed by atoms with E-state index < -0.39 is 0 Å². The standard InChI is InChI=1S/C27H43NO2/c1-9-27(6,7)24(20(2)3)18-17-21(4)13-12-14-22(5)19-28-25-16-11-10-15-23(25)26(29)30-8/h10-11,14-17,20,24,28H,9,12-13,18-19H2,1-8H3. The molecule has 0 saturated carbocycles. The molecule has 1 atom stereocenters. The van der Waals surface area contributed by atoms with Crippen molar-refractivity contribution in [3.05, 3.63) is 53.1 Å². The molecule has 0 aliphatic carbocycles. The summed E-state index contributed by atoms with van der Waals surface area (Å²) in [6, 6.07) is 7.47. The van der Waals surface area contributed by atoms with Crippen LogP contribution in [-0.4, -0.2) is 19.6 Å². The molecule has 0 saturated heterocycles. The molecule has 3 nitrogen and oxygen atoms in total. The summed E-state index contributed by atoms with van der Waals surface area (Å²) in [6.07, 6.45) is 9.26. The molecule has 3 heteroatoms. The van der Waals surface area contributed by atoms with Crippen molar-refractivity contribution in [1.82, 2.24) is 0 Å². The zero-order valence-electron chi connectivity index (χ0n) is 20.5. The van der Waals surface area contributed by atoms with E-state index in [1.165, 1.54) is 31.1 Å². The first-order chi connectivity index (χ1) is 14.1. The summed E-state index contributed by atoms with van der Waals surface area (Å²) in [7, 11) is 1.41. The predicted octanol–water partition coefficient (Wildman–Crippen LogP) is 7.66. The highest BCUT2D eigenvalue weighted by Crippen LogP contribution is 2.38. The van der Waals surface area contributed by atoms with Gasteiger partial charge in [0.15, 0.2) is 0 Å². The fraction of sp³-hybridized carbons (Fsp3) is 0.593. The minimum atomic E-state index is -0.313. The molecule has 0 amide bonds. The minimum absolute atomic E-state index is 0.313. The van der Waals surface area contributed by atoms with Crippen molar-refractivity contribution in [2.45, 2.75) is 74.1 Å². The van der Waals surface area contributed by atoms with E-state index in [2.05, 4.69) is 65.9 Å². The van der Waals surface area contributed by atoms with Gasteiger partial charge in [-0.3, -0.25) is 0 Å². The van der Waals surface area contributed by atoms with Crippen LogP contribution in [0.4, 0.5) is 5.69 Å². The van der Waals surface area contributed by atoms with Crippen LogP contribution in [0.2, 0.25) is 0 Å². The molecule has 0 aromatic heterocycles. The fourth-order valence-electron chi connectivity index (χ4n) is 3.96. The lowest BCUT2D eigenvalue weighted by atomic mass is 9.69. The maximum Gasteiger partial charge on any atom is 0.339 e. The van der Waals surface area contributed by atoms with Crippen molar-refractivity contribution in [2.24, 2.45) is 17.3 Å². The summed E-state index contributed by atoms with van der Waals surface area (Å²) in [4.78, 5) is 11.9. The first kappa shape index (κ1) is 26.0. The normalized spacial score (nSPS) is 14.0. The summed E-state index contributed by atoms with van der Waals surface area (Å²) in [5.41, 5.74) is 4.51. The smallest absolute Gasteiger partial charge is 0.339 e. The monoisotopic (exact) mass is 413 g/mol. The molecule has 1 N–H and O–H groups in total. The van der Waals surface area contributed by atoms with Gasteiger partial charge in [0.25, 0.3) is 0 Å². The first-order valence-electron chi connectivity index (χ1n) is 11.3. The van der Waals surface area contributed by atoms with E-state index in [-0.39, 0.29) is 5.97 Å². The molecule has 1 unspecified atom stereocenters. The third kappa shape index (κ3) is 8.38. The second-order valence-corrected chi connectivity index (χ2v) is 9.46. The average molecular weight is 414 g/mol. The van der Waals surface area contributed by atoms with E-state index in [1.54, 1.807) is 6.07 Å². The van der Waals surface area contributed by atoms with Crippen molar-refractivity contribution in [2.75, 3.05) is 19.0 Å². The number of hydrogen-bond acceptors (Lipinski definition) is 3. The first-order valence-corrected chi connectivity index (χ1v) is 11.3. The van der Waals surface area contributed by atoms with Crippen LogP contribution in [0.15, 0.2) is 47.6 Å². The van der Waals surface area contributed by atoms with Gasteiger partial charge in [0.05, 0.1) is 12.7 Å². The van der Waals surface area contributed by atoms with Crippen LogP contribution >= 0.6 is 0 Å². The number of benzene rings is 1. The van der Waals surface area contributed by atoms with Crippen LogP contribution in [0.25, 0.3) is 0 Å². The van der Waals surface area contributed by atoms with Gasteiger partial charge in [-0.05, 0) is 62.5 Å². The molecule has 0 bridgehead atoms. The van der Waals surface area contributed by atoms with Crippen LogP contribution in [-0.2, 0) is 4.74 Å². The van der Waals surface area contributed by atoms with Crippen molar-refractivity contribution < 1.29 is 9.53 Å². The molecule has 0 heterocycles. The van der Waals surface area contributed by atoms with E-state index in [0.29, 0.717) is 22.8 Å². The SMILES string of the molecule is CCC(C)(C)C(CC=C(C)CCC=C(C)CNc1ccccc1C(=O)OC)C(C)C. The number of rotatable bonds is 12. The van der Waals surface area contributed by atoms with Gasteiger partial charge in [0.2, 0.25) is 0 Å². The quantitative estimate of drug-likeness (QED) is 0.282. The Bertz CT molecular complexity index is 728. The van der Waals surface area contributed by atoms with Gasteiger partial charge in [-0.15, -0.1) is 0 Å². The summed E-state index contributed by atoms with van der Waals surface area (Å²) >= 11 is 0. The Kier molecular flexibility index (Phi) is 10.9. The summed E-state index contributed by atoms with van der Waals surface area (Å²) in [5.74, 6) is 1.10. The number of ether oxygens (including phenoxy) is 1. The fourth-order valence-corrected chi connectivity index (χ4v) is 3.96. The van der Waals surface area contributed by atoms with Crippen LogP contribution in [0.1, 0.15) is 84.5 Å². The molecule has 0 spiro atoms. The number of carbonyl (C=O) groups excluding carboxylic acids is 1. The second kappa shape index (κ2) is 12.6. The zero-order valence-corrected chi connectivity index (χ0v) is 20.5. The molecule has 30 heavy (non-hydrogen) atoms. The maximum absolute atomic E-state index is 11.9. The van der Waals surface area contributed by atoms with Crippen molar-refractivity contribution in [1.29, 1.82) is 0 Å². The molecule has 0 aliphatic heterocycles. The molecular formula is C27H43NO2. The molecular weight excluding hydrogens is 370 g/mol. The van der Waals surface area contributed by atoms with E-state index in [1.807, 2.05) is 18.2 Å². The molecule has 0 aliphatic rings. The third-order valence-corrected chi connectivity index (χ3v) is 6.36. The Labute approximate surface area is 185 Å². The largest absolute Gasteiger partial charge is 0.465 e. The van der Waals surface area contributed by atoms with E-state index >= 15 is 0 Å². The number of nitrogens with one attached hydrogen (secondary N) is 1. The lowest BCUT2D eigenvalue weighted by Gasteiger charge is -2.36. The number of carbonyl (C=O) groups is 1. The number of allylic oxidation sites excluding steroid dienone is 3. The van der Waals surface area contributed by atoms with Crippen LogP contribution in [0.5, 0.6) is 0 Å². The molecule has 0 fully saturated rings. The van der Waals surface area contributed by atoms with Crippen molar-refractivity contribution in [3.63, 3.8) is 0 Å². The number of methoxy groups -OCH3 is 1. The molecule has 1 aromatic carbocycles. The van der Waals surface area contributed by atoms with Gasteiger partial charge < -0.3 is 10.1 Å². The number of anilines is 1. The topological polar surface area (TPSA) is 38.3 Å². The number of para-hydroxylation sites is 1. The lowest BCUT2D eigenvalue weighted by Crippen LogP contribution is -2.27. The zero-order chi connectivity index (χ0) is 22.7. The van der Waals surface area contributed by atoms with Gasteiger partial charge in [-0.1, -0.05) is 76.5 Å². The Balaban J connectivity index is 2.57. The minimum Gasteiger partial charge on any atom is -0.465 e. The van der Waals surface area contributed by atoms with Crippen LogP contribution < -0.4 is 5.32 Å². The molecule has 168 valence electrons. The van der Waals surface area contributed by atoms with Gasteiger partial charge in [-0.2, -0.15) is 0 Å². The van der Waals surface area contributed by atoms with Crippen molar-refractivity contribution >= 4 is 11.7 Å². The number of hydrogen-bond donors (Lipinski definition) is 1. The Hall–Kier alpha value is -2.03. The Morgan fingerprint density at radius 3 is 2.40 bits per heavy atom. The maximum atomic E-state index is 11.9. The number of esters is 1. The third-order valence-electron chi connectivity index (χ3n) is 6.36. The van der Waals surface area contributed by atoms with Crippen LogP contribution in [0, 0.1) is 17.3 Å². The molecule has 1 aromatic rings. The Morgan fingerprint density at radius 2 is 1.80 bits per heavy atom. The van der Waals surface area contributed by atoms with Gasteiger partial charge >= 0.3 is 5.97 Å². The molecule has 0 radical (unpaired) electrons. The summed E-state index contributed by atoms with van der Waals surface area (Å²) in [5, 5.41) is 3.36. The summed E-state index contributed by atoms with van der Waals surface area (Å²) < 4.78 is 4.86. The van der Waals surface area contributed by atoms with Crippen LogP contribution in [0.3, 0.4) is 0 Å². The van der Waals surface area contributed by atoms with Gasteiger partial charge in [0, 0.05) is 12.2 Å². The predicted molar refractivity (Wildman–Crippen MR) is 130 cm³/mol. The molecule has 1 rings (SSSR count). The van der Waals surface area contributed by atoms with Gasteiger partial charge in [0.1, 0.15) is 0 Å². The lowest BCUT2D eigenvalue weighted by molar-refractivity contribution is 0.0602.